The van der Waals surface area contributed by atoms with E-state index in [1.54, 1.807) is 9.80 Å². The van der Waals surface area contributed by atoms with Crippen LogP contribution >= 0.6 is 0 Å². The van der Waals surface area contributed by atoms with Crippen molar-refractivity contribution in [3.63, 3.8) is 0 Å². The van der Waals surface area contributed by atoms with Crippen molar-refractivity contribution in [3.8, 4) is 0 Å². The first-order valence-electron chi connectivity index (χ1n) is 13.2. The van der Waals surface area contributed by atoms with Crippen LogP contribution in [-0.4, -0.2) is 70.6 Å². The van der Waals surface area contributed by atoms with E-state index in [0.29, 0.717) is 6.42 Å². The van der Waals surface area contributed by atoms with Gasteiger partial charge in [0.15, 0.2) is 0 Å². The largest absolute Gasteiger partial charge is 0.389 e. The molecular weight excluding hydrogens is 497 g/mol. The summed E-state index contributed by atoms with van der Waals surface area (Å²) < 4.78 is 37.6. The van der Waals surface area contributed by atoms with Gasteiger partial charge in [-0.25, -0.2) is 4.79 Å². The van der Waals surface area contributed by atoms with Gasteiger partial charge >= 0.3 is 12.2 Å². The highest BCUT2D eigenvalue weighted by molar-refractivity contribution is 5.92. The quantitative estimate of drug-likeness (QED) is 0.506. The molecule has 0 bridgehead atoms. The summed E-state index contributed by atoms with van der Waals surface area (Å²) in [5.41, 5.74) is 0.970. The minimum atomic E-state index is -4.29. The number of nitrogens with one attached hydrogen (secondary N) is 1. The third kappa shape index (κ3) is 5.59. The first-order valence-corrected chi connectivity index (χ1v) is 13.2. The SMILES string of the molecule is CC[C@H](C)C1C(=O)N([C@@H](C)c2cccc3ccccc23)C[C@@H]2N(C(=O)NCCCC(F)(F)F)CCC(=O)N12. The maximum atomic E-state index is 14.0. The molecule has 2 aliphatic heterocycles. The Bertz CT molecular complexity index is 1180. The van der Waals surface area contributed by atoms with E-state index in [9.17, 15) is 27.6 Å². The number of urea groups is 1. The predicted octanol–water partition coefficient (Wildman–Crippen LogP) is 5.07. The number of amides is 4. The third-order valence-electron chi connectivity index (χ3n) is 7.83. The number of nitrogens with zero attached hydrogens (tertiary/aromatic N) is 3. The summed E-state index contributed by atoms with van der Waals surface area (Å²) in [6, 6.07) is 12.3. The smallest absolute Gasteiger partial charge is 0.338 e. The molecule has 2 heterocycles. The van der Waals surface area contributed by atoms with E-state index in [4.69, 9.17) is 0 Å². The normalized spacial score (nSPS) is 21.9. The molecule has 0 aliphatic carbocycles. The van der Waals surface area contributed by atoms with Gasteiger partial charge in [-0.3, -0.25) is 9.59 Å². The lowest BCUT2D eigenvalue weighted by atomic mass is 9.90. The second-order valence-corrected chi connectivity index (χ2v) is 10.2. The van der Waals surface area contributed by atoms with Crippen molar-refractivity contribution in [2.24, 2.45) is 5.92 Å². The number of carbonyl (C=O) groups excluding carboxylic acids is 3. The fraction of sp³-hybridized carbons (Fsp3) is 0.536. The molecule has 2 fully saturated rings. The standard InChI is InChI=1S/C28H35F3N4O3/c1-4-18(2)25-26(37)34(19(3)21-12-7-10-20-9-5-6-11-22(20)21)17-23-33(16-13-24(36)35(23)25)27(38)32-15-8-14-28(29,30)31/h5-7,9-12,18-19,23,25H,4,8,13-17H2,1-3H3,(H,32,38)/t18-,19-,23+,25?/m0/s1. The molecule has 10 heteroatoms. The van der Waals surface area contributed by atoms with Crippen LogP contribution in [0.5, 0.6) is 0 Å². The van der Waals surface area contributed by atoms with Crippen LogP contribution in [0.1, 0.15) is 58.1 Å². The van der Waals surface area contributed by atoms with Gasteiger partial charge in [0.1, 0.15) is 12.2 Å². The summed E-state index contributed by atoms with van der Waals surface area (Å²) in [7, 11) is 0. The molecule has 4 rings (SSSR count). The number of piperazine rings is 1. The summed E-state index contributed by atoms with van der Waals surface area (Å²) in [4.78, 5) is 45.0. The Balaban J connectivity index is 1.64. The molecule has 0 spiro atoms. The van der Waals surface area contributed by atoms with Gasteiger partial charge in [-0.1, -0.05) is 62.7 Å². The van der Waals surface area contributed by atoms with Crippen molar-refractivity contribution in [1.82, 2.24) is 20.0 Å². The van der Waals surface area contributed by atoms with E-state index in [2.05, 4.69) is 5.32 Å². The van der Waals surface area contributed by atoms with Crippen LogP contribution < -0.4 is 5.32 Å². The molecule has 2 aromatic carbocycles. The van der Waals surface area contributed by atoms with Gasteiger partial charge in [0.05, 0.1) is 12.6 Å². The summed E-state index contributed by atoms with van der Waals surface area (Å²) in [6.07, 6.45) is -5.48. The molecule has 4 atom stereocenters. The first-order chi connectivity index (χ1) is 18.0. The van der Waals surface area contributed by atoms with Crippen LogP contribution in [0.3, 0.4) is 0 Å². The van der Waals surface area contributed by atoms with Crippen molar-refractivity contribution >= 4 is 28.6 Å². The van der Waals surface area contributed by atoms with Crippen molar-refractivity contribution in [1.29, 1.82) is 0 Å². The number of alkyl halides is 3. The van der Waals surface area contributed by atoms with Gasteiger partial charge in [0.2, 0.25) is 11.8 Å². The minimum absolute atomic E-state index is 0.0611. The number of carbonyl (C=O) groups is 3. The molecule has 2 aromatic rings. The lowest BCUT2D eigenvalue weighted by molar-refractivity contribution is -0.172. The maximum absolute atomic E-state index is 14.0. The van der Waals surface area contributed by atoms with Crippen molar-refractivity contribution < 1.29 is 27.6 Å². The fourth-order valence-corrected chi connectivity index (χ4v) is 5.59. The van der Waals surface area contributed by atoms with Gasteiger partial charge in [0, 0.05) is 25.9 Å². The Morgan fingerprint density at radius 3 is 2.53 bits per heavy atom. The molecule has 4 amide bonds. The third-order valence-corrected chi connectivity index (χ3v) is 7.83. The molecular formula is C28H35F3N4O3. The average Bonchev–Trinajstić information content (AvgIpc) is 2.89. The van der Waals surface area contributed by atoms with E-state index in [1.165, 1.54) is 4.90 Å². The van der Waals surface area contributed by atoms with Gasteiger partial charge < -0.3 is 20.0 Å². The van der Waals surface area contributed by atoms with Gasteiger partial charge in [-0.2, -0.15) is 13.2 Å². The van der Waals surface area contributed by atoms with Crippen LogP contribution in [0.15, 0.2) is 42.5 Å². The van der Waals surface area contributed by atoms with Crippen molar-refractivity contribution in [2.75, 3.05) is 19.6 Å². The second kappa shape index (κ2) is 11.2. The Kier molecular flexibility index (Phi) is 8.18. The molecule has 7 nitrogen and oxygen atoms in total. The Hall–Kier alpha value is -3.30. The van der Waals surface area contributed by atoms with Crippen LogP contribution in [0.25, 0.3) is 10.8 Å². The summed E-state index contributed by atoms with van der Waals surface area (Å²) in [5, 5.41) is 4.66. The monoisotopic (exact) mass is 532 g/mol. The Morgan fingerprint density at radius 1 is 1.11 bits per heavy atom. The second-order valence-electron chi connectivity index (χ2n) is 10.2. The fourth-order valence-electron chi connectivity index (χ4n) is 5.59. The zero-order valence-corrected chi connectivity index (χ0v) is 22.0. The molecule has 206 valence electrons. The first kappa shape index (κ1) is 27.7. The average molecular weight is 533 g/mol. The molecule has 0 aromatic heterocycles. The Labute approximate surface area is 220 Å². The lowest BCUT2D eigenvalue weighted by Crippen LogP contribution is -2.73. The van der Waals surface area contributed by atoms with E-state index >= 15 is 0 Å². The van der Waals surface area contributed by atoms with Crippen LogP contribution in [-0.2, 0) is 9.59 Å². The molecule has 1 unspecified atom stereocenters. The highest BCUT2D eigenvalue weighted by Crippen LogP contribution is 2.36. The minimum Gasteiger partial charge on any atom is -0.338 e. The molecule has 0 radical (unpaired) electrons. The highest BCUT2D eigenvalue weighted by Gasteiger charge is 2.51. The number of hydrogen-bond acceptors (Lipinski definition) is 3. The maximum Gasteiger partial charge on any atom is 0.389 e. The van der Waals surface area contributed by atoms with E-state index in [-0.39, 0.29) is 56.3 Å². The zero-order chi connectivity index (χ0) is 27.6. The lowest BCUT2D eigenvalue weighted by Gasteiger charge is -2.54. The van der Waals surface area contributed by atoms with E-state index in [1.807, 2.05) is 63.2 Å². The number of benzene rings is 2. The van der Waals surface area contributed by atoms with Crippen LogP contribution in [0, 0.1) is 5.92 Å². The van der Waals surface area contributed by atoms with Crippen LogP contribution in [0.4, 0.5) is 18.0 Å². The van der Waals surface area contributed by atoms with Crippen LogP contribution in [0.2, 0.25) is 0 Å². The van der Waals surface area contributed by atoms with Gasteiger partial charge in [0.25, 0.3) is 0 Å². The highest BCUT2D eigenvalue weighted by atomic mass is 19.4. The van der Waals surface area contributed by atoms with Crippen molar-refractivity contribution in [2.45, 2.75) is 70.9 Å². The topological polar surface area (TPSA) is 73.0 Å². The molecule has 0 saturated carbocycles. The molecule has 38 heavy (non-hydrogen) atoms. The summed E-state index contributed by atoms with van der Waals surface area (Å²) >= 11 is 0. The number of halogens is 3. The Morgan fingerprint density at radius 2 is 1.82 bits per heavy atom. The summed E-state index contributed by atoms with van der Waals surface area (Å²) in [6.45, 7) is 5.98. The summed E-state index contributed by atoms with van der Waals surface area (Å²) in [5.74, 6) is -0.490. The van der Waals surface area contributed by atoms with E-state index in [0.717, 1.165) is 16.3 Å². The van der Waals surface area contributed by atoms with Gasteiger partial charge in [-0.05, 0) is 35.6 Å². The van der Waals surface area contributed by atoms with Crippen molar-refractivity contribution in [3.05, 3.63) is 48.0 Å². The molecule has 1 N–H and O–H groups in total. The van der Waals surface area contributed by atoms with Gasteiger partial charge in [-0.15, -0.1) is 0 Å². The number of hydrogen-bond donors (Lipinski definition) is 1. The number of fused-ring (bicyclic) bond motifs is 2. The van der Waals surface area contributed by atoms with E-state index < -0.39 is 30.8 Å². The molecule has 2 saturated heterocycles. The zero-order valence-electron chi connectivity index (χ0n) is 22.0. The predicted molar refractivity (Wildman–Crippen MR) is 138 cm³/mol. The molecule has 2 aliphatic rings. The number of rotatable bonds is 7.